The van der Waals surface area contributed by atoms with Crippen molar-refractivity contribution in [1.29, 1.82) is 0 Å². The van der Waals surface area contributed by atoms with Crippen LogP contribution < -0.4 is 10.6 Å². The zero-order valence-corrected chi connectivity index (χ0v) is 13.3. The molecular weight excluding hydrogens is 275 g/mol. The van der Waals surface area contributed by atoms with Gasteiger partial charge in [-0.15, -0.1) is 0 Å². The molecule has 0 fully saturated rings. The van der Waals surface area contributed by atoms with E-state index in [4.69, 9.17) is 11.2 Å². The summed E-state index contributed by atoms with van der Waals surface area (Å²) in [6.07, 6.45) is 0. The highest BCUT2D eigenvalue weighted by molar-refractivity contribution is 8.00. The number of hydrogen-bond acceptors (Lipinski definition) is 1. The van der Waals surface area contributed by atoms with Gasteiger partial charge >= 0.3 is 0 Å². The molecule has 0 amide bonds. The largest absolute Gasteiger partial charge is 0.296 e. The lowest BCUT2D eigenvalue weighted by molar-refractivity contribution is 0.595. The Bertz CT molecular complexity index is 621. The third-order valence-corrected chi connectivity index (χ3v) is 6.66. The van der Waals surface area contributed by atoms with Crippen LogP contribution in [0.3, 0.4) is 0 Å². The van der Waals surface area contributed by atoms with Crippen molar-refractivity contribution in [3.63, 3.8) is 0 Å². The predicted molar refractivity (Wildman–Crippen MR) is 84.6 cm³/mol. The highest BCUT2D eigenvalue weighted by Gasteiger charge is 2.27. The summed E-state index contributed by atoms with van der Waals surface area (Å²) in [6.45, 7) is 4.92. The molecule has 0 bridgehead atoms. The van der Waals surface area contributed by atoms with E-state index in [1.165, 1.54) is 0 Å². The molecule has 0 saturated heterocycles. The summed E-state index contributed by atoms with van der Waals surface area (Å²) in [7, 11) is 0. The lowest BCUT2D eigenvalue weighted by Crippen LogP contribution is -2.17. The fourth-order valence-corrected chi connectivity index (χ4v) is 5.35. The van der Waals surface area contributed by atoms with Gasteiger partial charge in [0.05, 0.1) is 0 Å². The average Bonchev–Trinajstić information content (AvgIpc) is 2.27. The smallest absolute Gasteiger partial charge is 0.226 e. The molecule has 0 atom stereocenters. The zero-order valence-electron chi connectivity index (χ0n) is 11.7. The van der Waals surface area contributed by atoms with Crippen LogP contribution >= 0.6 is 17.7 Å². The average molecular weight is 293 g/mol. The van der Waals surface area contributed by atoms with Gasteiger partial charge in [0.1, 0.15) is 0 Å². The van der Waals surface area contributed by atoms with E-state index >= 15 is 0 Å². The highest BCUT2D eigenvalue weighted by atomic mass is 35.7. The van der Waals surface area contributed by atoms with Crippen LogP contribution in [0, 0.1) is 27.7 Å². The lowest BCUT2D eigenvalue weighted by Gasteiger charge is -2.17. The number of halogens is 1. The first-order valence-corrected chi connectivity index (χ1v) is 8.89. The van der Waals surface area contributed by atoms with Crippen LogP contribution in [0.1, 0.15) is 22.3 Å². The summed E-state index contributed by atoms with van der Waals surface area (Å²) in [6, 6.07) is 11.7. The lowest BCUT2D eigenvalue weighted by atomic mass is 10.2. The van der Waals surface area contributed by atoms with Gasteiger partial charge in [-0.3, -0.25) is 4.57 Å². The van der Waals surface area contributed by atoms with Gasteiger partial charge in [-0.05, 0) is 62.2 Å². The summed E-state index contributed by atoms with van der Waals surface area (Å²) < 4.78 is 13.0. The summed E-state index contributed by atoms with van der Waals surface area (Å²) in [5.41, 5.74) is 4.27. The third kappa shape index (κ3) is 2.78. The van der Waals surface area contributed by atoms with Crippen molar-refractivity contribution in [3.05, 3.63) is 58.7 Å². The van der Waals surface area contributed by atoms with Crippen LogP contribution in [0.15, 0.2) is 36.4 Å². The minimum Gasteiger partial charge on any atom is -0.296 e. The Kier molecular flexibility index (Phi) is 3.90. The maximum absolute atomic E-state index is 13.0. The van der Waals surface area contributed by atoms with Crippen molar-refractivity contribution in [2.75, 3.05) is 0 Å². The topological polar surface area (TPSA) is 17.1 Å². The van der Waals surface area contributed by atoms with Crippen molar-refractivity contribution in [3.8, 4) is 0 Å². The molecule has 0 aliphatic heterocycles. The van der Waals surface area contributed by atoms with Crippen LogP contribution in [-0.2, 0) is 4.57 Å². The number of benzene rings is 2. The zero-order chi connectivity index (χ0) is 14.2. The highest BCUT2D eigenvalue weighted by Crippen LogP contribution is 2.50. The minimum absolute atomic E-state index is 0.742. The Morgan fingerprint density at radius 2 is 1.16 bits per heavy atom. The SMILES string of the molecule is Cc1ccc(P(=O)(Cl)c2ccc(C)cc2C)c(C)c1. The van der Waals surface area contributed by atoms with Crippen molar-refractivity contribution < 1.29 is 4.57 Å². The molecule has 0 unspecified atom stereocenters. The Hall–Kier alpha value is -1.04. The first-order chi connectivity index (χ1) is 8.82. The van der Waals surface area contributed by atoms with Crippen LogP contribution in [0.4, 0.5) is 0 Å². The Labute approximate surface area is 119 Å². The summed E-state index contributed by atoms with van der Waals surface area (Å²) in [4.78, 5) is 0. The van der Waals surface area contributed by atoms with Gasteiger partial charge in [0.2, 0.25) is 6.49 Å². The molecular formula is C16H18ClOP. The van der Waals surface area contributed by atoms with Gasteiger partial charge in [-0.2, -0.15) is 0 Å². The Morgan fingerprint density at radius 3 is 1.47 bits per heavy atom. The molecule has 0 aliphatic rings. The number of aryl methyl sites for hydroxylation is 4. The summed E-state index contributed by atoms with van der Waals surface area (Å²) in [5.74, 6) is 0. The quantitative estimate of drug-likeness (QED) is 0.750. The van der Waals surface area contributed by atoms with E-state index in [1.54, 1.807) is 0 Å². The molecule has 2 aromatic carbocycles. The first-order valence-electron chi connectivity index (χ1n) is 6.27. The van der Waals surface area contributed by atoms with Gasteiger partial charge in [0, 0.05) is 10.6 Å². The molecule has 2 rings (SSSR count). The van der Waals surface area contributed by atoms with Gasteiger partial charge in [-0.1, -0.05) is 35.4 Å². The molecule has 3 heteroatoms. The molecule has 2 aromatic rings. The molecule has 0 aromatic heterocycles. The predicted octanol–water partition coefficient (Wildman–Crippen LogP) is 4.39. The monoisotopic (exact) mass is 292 g/mol. The van der Waals surface area contributed by atoms with E-state index in [1.807, 2.05) is 64.1 Å². The fraction of sp³-hybridized carbons (Fsp3) is 0.250. The van der Waals surface area contributed by atoms with Crippen molar-refractivity contribution in [1.82, 2.24) is 0 Å². The molecule has 0 N–H and O–H groups in total. The van der Waals surface area contributed by atoms with E-state index in [0.717, 1.165) is 32.9 Å². The van der Waals surface area contributed by atoms with Crippen molar-refractivity contribution >= 4 is 28.3 Å². The number of hydrogen-bond donors (Lipinski definition) is 0. The summed E-state index contributed by atoms with van der Waals surface area (Å²) in [5, 5.41) is 1.48. The van der Waals surface area contributed by atoms with Crippen LogP contribution in [-0.4, -0.2) is 0 Å². The second-order valence-electron chi connectivity index (χ2n) is 5.11. The van der Waals surface area contributed by atoms with Crippen LogP contribution in [0.2, 0.25) is 0 Å². The van der Waals surface area contributed by atoms with Gasteiger partial charge in [0.25, 0.3) is 0 Å². The van der Waals surface area contributed by atoms with Crippen LogP contribution in [0.25, 0.3) is 0 Å². The molecule has 19 heavy (non-hydrogen) atoms. The Morgan fingerprint density at radius 1 is 0.789 bits per heavy atom. The molecule has 1 nitrogen and oxygen atoms in total. The summed E-state index contributed by atoms with van der Waals surface area (Å²) >= 11 is 6.46. The first kappa shape index (κ1) is 14.4. The molecule has 0 saturated carbocycles. The van der Waals surface area contributed by atoms with Crippen molar-refractivity contribution in [2.45, 2.75) is 27.7 Å². The standard InChI is InChI=1S/C16H18ClOP/c1-11-5-7-15(13(3)9-11)19(17,18)16-8-6-12(2)10-14(16)4/h5-10H,1-4H3. The fourth-order valence-electron chi connectivity index (χ4n) is 2.39. The van der Waals surface area contributed by atoms with E-state index in [9.17, 15) is 4.57 Å². The molecule has 0 radical (unpaired) electrons. The van der Waals surface area contributed by atoms with E-state index in [-0.39, 0.29) is 0 Å². The van der Waals surface area contributed by atoms with Crippen LogP contribution in [0.5, 0.6) is 0 Å². The minimum atomic E-state index is -3.04. The normalized spacial score (nSPS) is 11.6. The van der Waals surface area contributed by atoms with E-state index in [2.05, 4.69) is 0 Å². The van der Waals surface area contributed by atoms with E-state index in [0.29, 0.717) is 0 Å². The molecule has 0 heterocycles. The maximum atomic E-state index is 13.0. The van der Waals surface area contributed by atoms with Gasteiger partial charge in [0.15, 0.2) is 0 Å². The molecule has 100 valence electrons. The molecule has 0 spiro atoms. The second kappa shape index (κ2) is 5.15. The third-order valence-electron chi connectivity index (χ3n) is 3.32. The van der Waals surface area contributed by atoms with Gasteiger partial charge < -0.3 is 0 Å². The van der Waals surface area contributed by atoms with E-state index < -0.39 is 6.49 Å². The number of rotatable bonds is 2. The van der Waals surface area contributed by atoms with Gasteiger partial charge in [-0.25, -0.2) is 0 Å². The Balaban J connectivity index is 2.61. The second-order valence-corrected chi connectivity index (χ2v) is 8.57. The maximum Gasteiger partial charge on any atom is 0.226 e. The molecule has 0 aliphatic carbocycles. The van der Waals surface area contributed by atoms with Crippen molar-refractivity contribution in [2.24, 2.45) is 0 Å².